The fourth-order valence-corrected chi connectivity index (χ4v) is 0.787. The molecular weight excluding hydrogens is 103 g/mol. The van der Waals surface area contributed by atoms with Crippen LogP contribution in [-0.2, 0) is 4.74 Å². The molecule has 0 amide bonds. The lowest BCUT2D eigenvalue weighted by atomic mass is 10.4. The molecule has 1 heterocycles. The van der Waals surface area contributed by atoms with Crippen LogP contribution in [-0.4, -0.2) is 39.3 Å². The van der Waals surface area contributed by atoms with Crippen LogP contribution in [0.25, 0.3) is 0 Å². The lowest BCUT2D eigenvalue weighted by molar-refractivity contribution is 0.0274. The van der Waals surface area contributed by atoms with Crippen molar-refractivity contribution < 1.29 is 4.74 Å². The first-order valence-corrected chi connectivity index (χ1v) is 2.93. The van der Waals surface area contributed by atoms with Crippen LogP contribution in [0.2, 0.25) is 0 Å². The summed E-state index contributed by atoms with van der Waals surface area (Å²) in [6, 6.07) is 0. The average molecular weight is 114 g/mol. The van der Waals surface area contributed by atoms with Crippen molar-refractivity contribution in [2.75, 3.05) is 26.3 Å². The summed E-state index contributed by atoms with van der Waals surface area (Å²) in [6.07, 6.45) is 0. The highest BCUT2D eigenvalue weighted by molar-refractivity contribution is 6.03. The van der Waals surface area contributed by atoms with Crippen LogP contribution in [0.1, 0.15) is 0 Å². The Morgan fingerprint density at radius 1 is 1.38 bits per heavy atom. The van der Waals surface area contributed by atoms with Crippen LogP contribution in [0, 0.1) is 0 Å². The van der Waals surface area contributed by atoms with Crippen LogP contribution in [0.4, 0.5) is 0 Å². The number of morpholine rings is 1. The summed E-state index contributed by atoms with van der Waals surface area (Å²) >= 11 is 0. The van der Waals surface area contributed by atoms with Crippen molar-refractivity contribution in [1.29, 1.82) is 0 Å². The van der Waals surface area contributed by atoms with E-state index in [0.29, 0.717) is 0 Å². The Morgan fingerprint density at radius 2 is 2.00 bits per heavy atom. The second-order valence-electron chi connectivity index (χ2n) is 1.82. The first-order chi connectivity index (χ1) is 3.93. The van der Waals surface area contributed by atoms with Gasteiger partial charge in [-0.15, -0.1) is 0 Å². The summed E-state index contributed by atoms with van der Waals surface area (Å²) in [5, 5.41) is 5.20. The zero-order chi connectivity index (χ0) is 5.82. The third kappa shape index (κ3) is 1.47. The Bertz CT molecular complexity index is 65.1. The van der Waals surface area contributed by atoms with E-state index in [1.807, 2.05) is 7.98 Å². The molecule has 8 heavy (non-hydrogen) atoms. The quantitative estimate of drug-likeness (QED) is 0.414. The van der Waals surface area contributed by atoms with E-state index < -0.39 is 0 Å². The molecule has 0 spiro atoms. The lowest BCUT2D eigenvalue weighted by Crippen LogP contribution is -2.44. The number of hydrazine groups is 1. The highest BCUT2D eigenvalue weighted by Gasteiger charge is 2.05. The molecule has 0 aromatic carbocycles. The number of nitrogens with zero attached hydrogens (tertiary/aromatic N) is 1. The summed E-state index contributed by atoms with van der Waals surface area (Å²) in [5.74, 6) is 0. The first-order valence-electron chi connectivity index (χ1n) is 2.93. The molecule has 1 saturated heterocycles. The fraction of sp³-hybridized carbons (Fsp3) is 1.00. The molecule has 0 atom stereocenters. The Labute approximate surface area is 50.4 Å². The maximum absolute atomic E-state index is 5.12. The number of nitrogens with one attached hydrogen (secondary N) is 1. The summed E-state index contributed by atoms with van der Waals surface area (Å²) in [7, 11) is 1.94. The second kappa shape index (κ2) is 3.07. The van der Waals surface area contributed by atoms with E-state index in [-0.39, 0.29) is 0 Å². The second-order valence-corrected chi connectivity index (χ2v) is 1.82. The molecule has 1 rings (SSSR count). The summed E-state index contributed by atoms with van der Waals surface area (Å²) in [6.45, 7) is 3.74. The zero-order valence-corrected chi connectivity index (χ0v) is 5.18. The maximum atomic E-state index is 5.12. The fourth-order valence-electron chi connectivity index (χ4n) is 0.787. The van der Waals surface area contributed by atoms with Gasteiger partial charge in [-0.25, -0.2) is 0 Å². The largest absolute Gasteiger partial charge is 0.379 e. The maximum Gasteiger partial charge on any atom is 0.201 e. The summed E-state index contributed by atoms with van der Waals surface area (Å²) < 4.78 is 5.12. The van der Waals surface area contributed by atoms with E-state index in [1.54, 1.807) is 0 Å². The molecule has 0 aromatic heterocycles. The van der Waals surface area contributed by atoms with Gasteiger partial charge < -0.3 is 10.1 Å². The lowest BCUT2D eigenvalue weighted by Gasteiger charge is -2.25. The van der Waals surface area contributed by atoms with Gasteiger partial charge in [-0.2, -0.15) is 0 Å². The van der Waals surface area contributed by atoms with Gasteiger partial charge in [-0.3, -0.25) is 5.01 Å². The molecule has 0 bridgehead atoms. The molecule has 0 aromatic rings. The van der Waals surface area contributed by atoms with E-state index in [2.05, 4.69) is 10.3 Å². The highest BCUT2D eigenvalue weighted by Crippen LogP contribution is 1.89. The van der Waals surface area contributed by atoms with Gasteiger partial charge in [0.15, 0.2) is 0 Å². The van der Waals surface area contributed by atoms with Crippen LogP contribution < -0.4 is 5.34 Å². The normalized spacial score (nSPS) is 23.5. The Hall–Kier alpha value is -0.0551. The Kier molecular flexibility index (Phi) is 2.33. The van der Waals surface area contributed by atoms with E-state index >= 15 is 0 Å². The van der Waals surface area contributed by atoms with Crippen molar-refractivity contribution in [3.63, 3.8) is 0 Å². The van der Waals surface area contributed by atoms with Crippen molar-refractivity contribution in [1.82, 2.24) is 10.3 Å². The first kappa shape index (κ1) is 6.07. The Balaban J connectivity index is 2.13. The summed E-state index contributed by atoms with van der Waals surface area (Å²) in [4.78, 5) is 0. The van der Waals surface area contributed by atoms with E-state index in [4.69, 9.17) is 4.74 Å². The monoisotopic (exact) mass is 114 g/mol. The van der Waals surface area contributed by atoms with Crippen LogP contribution >= 0.6 is 0 Å². The van der Waals surface area contributed by atoms with E-state index in [1.165, 1.54) is 0 Å². The molecule has 0 aliphatic carbocycles. The molecule has 46 valence electrons. The van der Waals surface area contributed by atoms with Gasteiger partial charge in [-0.05, 0) is 0 Å². The summed E-state index contributed by atoms with van der Waals surface area (Å²) in [5.41, 5.74) is 0. The van der Waals surface area contributed by atoms with Gasteiger partial charge in [0.05, 0.1) is 13.2 Å². The zero-order valence-electron chi connectivity index (χ0n) is 5.18. The SMILES string of the molecule is BNN1CCOCC1. The smallest absolute Gasteiger partial charge is 0.201 e. The van der Waals surface area contributed by atoms with Crippen molar-refractivity contribution in [3.05, 3.63) is 0 Å². The molecule has 1 aliphatic heterocycles. The van der Waals surface area contributed by atoms with Crippen LogP contribution in [0.5, 0.6) is 0 Å². The van der Waals surface area contributed by atoms with Crippen molar-refractivity contribution >= 4 is 7.98 Å². The van der Waals surface area contributed by atoms with Gasteiger partial charge in [0.1, 0.15) is 0 Å². The third-order valence-electron chi connectivity index (χ3n) is 1.33. The average Bonchev–Trinajstić information content (AvgIpc) is 1.90. The number of rotatable bonds is 1. The standard InChI is InChI=1S/C4H11BN2O/c5-6-7-1-3-8-4-2-7/h6H,1-5H2. The molecule has 1 aliphatic rings. The number of ether oxygens (including phenoxy) is 1. The Morgan fingerprint density at radius 3 is 2.38 bits per heavy atom. The molecule has 4 heteroatoms. The topological polar surface area (TPSA) is 24.5 Å². The van der Waals surface area contributed by atoms with Crippen molar-refractivity contribution in [3.8, 4) is 0 Å². The minimum absolute atomic E-state index is 0.862. The molecule has 0 saturated carbocycles. The third-order valence-corrected chi connectivity index (χ3v) is 1.33. The minimum atomic E-state index is 0.862. The number of hydrogen-bond acceptors (Lipinski definition) is 3. The highest BCUT2D eigenvalue weighted by atomic mass is 16.5. The van der Waals surface area contributed by atoms with Gasteiger partial charge >= 0.3 is 0 Å². The van der Waals surface area contributed by atoms with Crippen molar-refractivity contribution in [2.45, 2.75) is 0 Å². The van der Waals surface area contributed by atoms with E-state index in [9.17, 15) is 0 Å². The minimum Gasteiger partial charge on any atom is -0.379 e. The van der Waals surface area contributed by atoms with Crippen LogP contribution in [0.3, 0.4) is 0 Å². The molecule has 0 radical (unpaired) electrons. The predicted octanol–water partition coefficient (Wildman–Crippen LogP) is -1.63. The molecule has 1 N–H and O–H groups in total. The van der Waals surface area contributed by atoms with Gasteiger partial charge in [0.2, 0.25) is 7.98 Å². The molecule has 0 unspecified atom stereocenters. The molecular formula is C4H11BN2O. The number of hydrogen-bond donors (Lipinski definition) is 1. The predicted molar refractivity (Wildman–Crippen MR) is 34.1 cm³/mol. The molecule has 3 nitrogen and oxygen atoms in total. The van der Waals surface area contributed by atoms with Gasteiger partial charge in [0.25, 0.3) is 0 Å². The van der Waals surface area contributed by atoms with Crippen LogP contribution in [0.15, 0.2) is 0 Å². The van der Waals surface area contributed by atoms with Crippen molar-refractivity contribution in [2.24, 2.45) is 0 Å². The van der Waals surface area contributed by atoms with Gasteiger partial charge in [0, 0.05) is 13.1 Å². The van der Waals surface area contributed by atoms with Gasteiger partial charge in [-0.1, -0.05) is 0 Å². The van der Waals surface area contributed by atoms with E-state index in [0.717, 1.165) is 26.3 Å². The molecule has 1 fully saturated rings.